The van der Waals surface area contributed by atoms with Crippen molar-refractivity contribution in [1.82, 2.24) is 15.5 Å². The number of ketones is 1. The van der Waals surface area contributed by atoms with Gasteiger partial charge >= 0.3 is 6.09 Å². The van der Waals surface area contributed by atoms with Crippen molar-refractivity contribution in [3.8, 4) is 11.5 Å². The zero-order chi connectivity index (χ0) is 38.2. The van der Waals surface area contributed by atoms with Crippen LogP contribution in [-0.4, -0.2) is 73.1 Å². The predicted octanol–water partition coefficient (Wildman–Crippen LogP) is 4.63. The van der Waals surface area contributed by atoms with Crippen LogP contribution in [0.25, 0.3) is 10.1 Å². The molecule has 4 aromatic rings. The van der Waals surface area contributed by atoms with E-state index in [0.717, 1.165) is 16.9 Å². The lowest BCUT2D eigenvalue weighted by Crippen LogP contribution is -2.56. The van der Waals surface area contributed by atoms with Crippen molar-refractivity contribution in [2.75, 3.05) is 32.5 Å². The number of hydrogen-bond donors (Lipinski definition) is 5. The Balaban J connectivity index is 1.26. The number of amides is 3. The minimum atomic E-state index is -1.63. The molecule has 2 unspecified atom stereocenters. The summed E-state index contributed by atoms with van der Waals surface area (Å²) in [6, 6.07) is 15.6. The summed E-state index contributed by atoms with van der Waals surface area (Å²) in [5.74, 6) is 0.0116. The number of Topliss-reactive ketones (excluding diaryl/α,β-unsaturated/α-hetero) is 1. The van der Waals surface area contributed by atoms with E-state index in [2.05, 4.69) is 10.6 Å². The first-order chi connectivity index (χ1) is 25.1. The lowest BCUT2D eigenvalue weighted by Gasteiger charge is -2.37. The monoisotopic (exact) mass is 742 g/mol. The third-order valence-corrected chi connectivity index (χ3v) is 10.8. The second-order valence-electron chi connectivity index (χ2n) is 14.5. The van der Waals surface area contributed by atoms with Crippen LogP contribution in [0.15, 0.2) is 60.7 Å². The lowest BCUT2D eigenvalue weighted by atomic mass is 9.69. The number of methoxy groups -OCH3 is 1. The van der Waals surface area contributed by atoms with Gasteiger partial charge in [0.25, 0.3) is 5.91 Å². The fraction of sp³-hybridized carbons (Fsp3) is 0.385. The number of alkyl carbamates (subject to hydrolysis) is 1. The molecule has 1 aromatic heterocycles. The second kappa shape index (κ2) is 14.8. The topological polar surface area (TPSA) is 201 Å². The Kier molecular flexibility index (Phi) is 10.5. The molecule has 3 amide bonds. The molecule has 1 fully saturated rings. The van der Waals surface area contributed by atoms with E-state index < -0.39 is 47.0 Å². The Hall–Kier alpha value is -5.02. The molecule has 6 rings (SSSR count). The minimum absolute atomic E-state index is 0.0554. The number of nitrogens with zero attached hydrogens (tertiary/aromatic N) is 1. The van der Waals surface area contributed by atoms with Gasteiger partial charge in [0.1, 0.15) is 28.7 Å². The van der Waals surface area contributed by atoms with Crippen LogP contribution in [0.4, 0.5) is 10.5 Å². The van der Waals surface area contributed by atoms with Gasteiger partial charge in [-0.15, -0.1) is 11.3 Å². The van der Waals surface area contributed by atoms with Crippen LogP contribution < -0.4 is 32.6 Å². The van der Waals surface area contributed by atoms with Crippen molar-refractivity contribution in [3.63, 3.8) is 0 Å². The number of aryl methyl sites for hydroxylation is 1. The Morgan fingerprint density at radius 1 is 1.06 bits per heavy atom. The number of carbonyl (C=O) groups is 4. The molecule has 3 aromatic carbocycles. The molecular weight excluding hydrogens is 697 g/mol. The molecule has 1 aliphatic heterocycles. The summed E-state index contributed by atoms with van der Waals surface area (Å²) in [6.07, 6.45) is 0.489. The predicted molar refractivity (Wildman–Crippen MR) is 203 cm³/mol. The van der Waals surface area contributed by atoms with Crippen molar-refractivity contribution in [1.29, 1.82) is 0 Å². The van der Waals surface area contributed by atoms with Gasteiger partial charge in [-0.3, -0.25) is 14.4 Å². The molecule has 8 N–H and O–H groups in total. The first-order valence-electron chi connectivity index (χ1n) is 17.5. The molecule has 1 saturated heterocycles. The Morgan fingerprint density at radius 3 is 2.45 bits per heavy atom. The summed E-state index contributed by atoms with van der Waals surface area (Å²) < 4.78 is 17.2. The standard InChI is InChI=1S/C39H46N6O7S/c1-21-18-24(51-23-11-7-6-8-12-23)13-14-25(21)39(42)26-15-16-27(40)32-29(26)30(31(41)34(39)46)33(53-32)35(47)43-22-10-9-17-45(19-22)36(48)28(20-50-5)44-37(49)52-38(2,3)4/h6-8,11-16,18,22,28,31H,9-10,17,19-20,40-42H2,1-5H3,(H,43,47)(H,44,49)/t22-,28+,31?,39?/m1/s1. The van der Waals surface area contributed by atoms with Crippen LogP contribution in [0.1, 0.15) is 71.6 Å². The SMILES string of the molecule is COC[C@H](NC(=O)OC(C)(C)C)C(=O)N1CCC[C@@H](NC(=O)c2sc3c(N)ccc4c3c2C(N)C(=O)C4(N)c2ccc(Oc3ccccc3)cc2C)C1. The fourth-order valence-corrected chi connectivity index (χ4v) is 8.35. The molecule has 4 atom stereocenters. The molecule has 1 aliphatic carbocycles. The summed E-state index contributed by atoms with van der Waals surface area (Å²) in [5.41, 5.74) is 20.6. The van der Waals surface area contributed by atoms with Gasteiger partial charge < -0.3 is 46.9 Å². The number of likely N-dealkylation sites (tertiary alicyclic amines) is 1. The number of nitrogens with one attached hydrogen (secondary N) is 2. The van der Waals surface area contributed by atoms with E-state index in [4.69, 9.17) is 31.4 Å². The number of thiophene rings is 1. The van der Waals surface area contributed by atoms with Crippen molar-refractivity contribution >= 4 is 50.8 Å². The number of anilines is 1. The van der Waals surface area contributed by atoms with E-state index >= 15 is 0 Å². The number of para-hydroxylation sites is 1. The van der Waals surface area contributed by atoms with E-state index in [9.17, 15) is 19.2 Å². The third kappa shape index (κ3) is 7.45. The summed E-state index contributed by atoms with van der Waals surface area (Å²) in [6.45, 7) is 7.64. The van der Waals surface area contributed by atoms with Gasteiger partial charge in [-0.05, 0) is 87.6 Å². The molecule has 0 spiro atoms. The summed E-state index contributed by atoms with van der Waals surface area (Å²) in [5, 5.41) is 6.26. The molecule has 0 bridgehead atoms. The van der Waals surface area contributed by atoms with Crippen LogP contribution in [0.5, 0.6) is 11.5 Å². The molecule has 53 heavy (non-hydrogen) atoms. The van der Waals surface area contributed by atoms with Crippen LogP contribution in [-0.2, 0) is 24.6 Å². The van der Waals surface area contributed by atoms with Crippen molar-refractivity contribution < 1.29 is 33.4 Å². The maximum Gasteiger partial charge on any atom is 0.408 e. The largest absolute Gasteiger partial charge is 0.457 e. The van der Waals surface area contributed by atoms with Gasteiger partial charge in [0.2, 0.25) is 5.91 Å². The smallest absolute Gasteiger partial charge is 0.408 e. The van der Waals surface area contributed by atoms with Gasteiger partial charge in [-0.25, -0.2) is 4.79 Å². The number of nitrogen functional groups attached to an aromatic ring is 1. The molecular formula is C39H46N6O7S. The molecule has 13 nitrogen and oxygen atoms in total. The van der Waals surface area contributed by atoms with E-state index in [1.165, 1.54) is 7.11 Å². The number of benzene rings is 3. The van der Waals surface area contributed by atoms with E-state index in [1.54, 1.807) is 49.9 Å². The Labute approximate surface area is 312 Å². The lowest BCUT2D eigenvalue weighted by molar-refractivity contribution is -0.136. The van der Waals surface area contributed by atoms with E-state index in [0.29, 0.717) is 63.3 Å². The van der Waals surface area contributed by atoms with E-state index in [-0.39, 0.29) is 23.9 Å². The summed E-state index contributed by atoms with van der Waals surface area (Å²) >= 11 is 1.16. The number of nitrogens with two attached hydrogens (primary N) is 3. The van der Waals surface area contributed by atoms with Crippen LogP contribution >= 0.6 is 11.3 Å². The van der Waals surface area contributed by atoms with Crippen LogP contribution in [0.3, 0.4) is 0 Å². The van der Waals surface area contributed by atoms with Gasteiger partial charge in [0.05, 0.1) is 22.2 Å². The highest BCUT2D eigenvalue weighted by Crippen LogP contribution is 2.50. The molecule has 280 valence electrons. The van der Waals surface area contributed by atoms with Gasteiger partial charge in [-0.2, -0.15) is 0 Å². The van der Waals surface area contributed by atoms with Gasteiger partial charge in [0, 0.05) is 42.9 Å². The zero-order valence-corrected chi connectivity index (χ0v) is 31.3. The third-order valence-electron chi connectivity index (χ3n) is 9.51. The highest BCUT2D eigenvalue weighted by Gasteiger charge is 2.49. The summed E-state index contributed by atoms with van der Waals surface area (Å²) in [4.78, 5) is 56.3. The highest BCUT2D eigenvalue weighted by molar-refractivity contribution is 7.21. The zero-order valence-electron chi connectivity index (χ0n) is 30.5. The number of rotatable bonds is 9. The maximum atomic E-state index is 14.4. The molecule has 0 saturated carbocycles. The number of hydrogen-bond acceptors (Lipinski definition) is 11. The average molecular weight is 743 g/mol. The normalized spacial score (nSPS) is 20.5. The number of ether oxygens (including phenoxy) is 3. The maximum absolute atomic E-state index is 14.4. The van der Waals surface area contributed by atoms with Crippen LogP contribution in [0.2, 0.25) is 0 Å². The van der Waals surface area contributed by atoms with E-state index in [1.807, 2.05) is 43.3 Å². The van der Waals surface area contributed by atoms with Crippen molar-refractivity contribution in [3.05, 3.63) is 87.8 Å². The quantitative estimate of drug-likeness (QED) is 0.151. The van der Waals surface area contributed by atoms with Gasteiger partial charge in [0.15, 0.2) is 5.78 Å². The molecule has 14 heteroatoms. The molecule has 2 aliphatic rings. The minimum Gasteiger partial charge on any atom is -0.457 e. The fourth-order valence-electron chi connectivity index (χ4n) is 7.15. The summed E-state index contributed by atoms with van der Waals surface area (Å²) in [7, 11) is 1.44. The van der Waals surface area contributed by atoms with Gasteiger partial charge in [-0.1, -0.05) is 30.3 Å². The first-order valence-corrected chi connectivity index (χ1v) is 18.3. The Bertz CT molecular complexity index is 2060. The second-order valence-corrected chi connectivity index (χ2v) is 15.6. The van der Waals surface area contributed by atoms with Crippen molar-refractivity contribution in [2.24, 2.45) is 11.5 Å². The average Bonchev–Trinajstić information content (AvgIpc) is 3.52. The molecule has 2 heterocycles. The Morgan fingerprint density at radius 2 is 1.77 bits per heavy atom. The van der Waals surface area contributed by atoms with Crippen molar-refractivity contribution in [2.45, 2.75) is 69.8 Å². The highest BCUT2D eigenvalue weighted by atomic mass is 32.1. The van der Waals surface area contributed by atoms with Crippen LogP contribution in [0, 0.1) is 6.92 Å². The first kappa shape index (κ1) is 37.7. The number of carbonyl (C=O) groups excluding carboxylic acids is 4. The molecule has 0 radical (unpaired) electrons. The number of piperidine rings is 1.